The van der Waals surface area contributed by atoms with E-state index in [9.17, 15) is 9.59 Å². The predicted molar refractivity (Wildman–Crippen MR) is 101 cm³/mol. The highest BCUT2D eigenvalue weighted by Gasteiger charge is 2.22. The van der Waals surface area contributed by atoms with E-state index in [4.69, 9.17) is 35.3 Å². The second kappa shape index (κ2) is 8.26. The molecular formula is C19H18ClNO7. The molecule has 28 heavy (non-hydrogen) atoms. The fraction of sp³-hybridized carbons (Fsp3) is 0.263. The van der Waals surface area contributed by atoms with E-state index in [1.54, 1.807) is 18.2 Å². The Labute approximate surface area is 166 Å². The SMILES string of the molecule is COc1cc(C(=O)O[C@H](C)C(=O)Nc2ccc3c(c2)OCO3)cc(Cl)c1OC. The first-order valence-corrected chi connectivity index (χ1v) is 8.63. The Morgan fingerprint density at radius 2 is 1.86 bits per heavy atom. The van der Waals surface area contributed by atoms with Crippen LogP contribution in [0.2, 0.25) is 5.02 Å². The second-order valence-electron chi connectivity index (χ2n) is 5.80. The van der Waals surface area contributed by atoms with Gasteiger partial charge >= 0.3 is 5.97 Å². The molecule has 0 fully saturated rings. The fourth-order valence-electron chi connectivity index (χ4n) is 2.54. The van der Waals surface area contributed by atoms with Crippen molar-refractivity contribution in [3.8, 4) is 23.0 Å². The van der Waals surface area contributed by atoms with Crippen LogP contribution in [-0.4, -0.2) is 39.0 Å². The summed E-state index contributed by atoms with van der Waals surface area (Å²) in [6, 6.07) is 7.78. The second-order valence-corrected chi connectivity index (χ2v) is 6.21. The molecule has 3 rings (SSSR count). The highest BCUT2D eigenvalue weighted by molar-refractivity contribution is 6.32. The molecule has 0 aliphatic carbocycles. The summed E-state index contributed by atoms with van der Waals surface area (Å²) in [4.78, 5) is 24.7. The third-order valence-corrected chi connectivity index (χ3v) is 4.24. The number of amides is 1. The standard InChI is InChI=1S/C19H18ClNO7/c1-10(18(22)21-12-4-5-14-15(8-12)27-9-26-14)28-19(23)11-6-13(20)17(25-3)16(7-11)24-2/h4-8,10H,9H2,1-3H3,(H,21,22)/t10-/m1/s1. The zero-order valence-electron chi connectivity index (χ0n) is 15.4. The van der Waals surface area contributed by atoms with Gasteiger partial charge in [-0.15, -0.1) is 0 Å². The minimum Gasteiger partial charge on any atom is -0.493 e. The fourth-order valence-corrected chi connectivity index (χ4v) is 2.82. The molecule has 0 bridgehead atoms. The molecule has 0 saturated carbocycles. The molecule has 1 heterocycles. The smallest absolute Gasteiger partial charge is 0.339 e. The molecule has 2 aromatic carbocycles. The van der Waals surface area contributed by atoms with Gasteiger partial charge in [0.2, 0.25) is 6.79 Å². The predicted octanol–water partition coefficient (Wildman–Crippen LogP) is 3.27. The van der Waals surface area contributed by atoms with Gasteiger partial charge in [-0.3, -0.25) is 4.79 Å². The quantitative estimate of drug-likeness (QED) is 0.734. The molecule has 0 spiro atoms. The van der Waals surface area contributed by atoms with Gasteiger partial charge in [0, 0.05) is 11.8 Å². The van der Waals surface area contributed by atoms with Gasteiger partial charge in [-0.05, 0) is 31.2 Å². The van der Waals surface area contributed by atoms with E-state index in [1.165, 1.54) is 33.3 Å². The van der Waals surface area contributed by atoms with Crippen LogP contribution in [0.25, 0.3) is 0 Å². The van der Waals surface area contributed by atoms with Crippen LogP contribution < -0.4 is 24.3 Å². The normalized spacial score (nSPS) is 12.9. The maximum absolute atomic E-state index is 12.4. The summed E-state index contributed by atoms with van der Waals surface area (Å²) in [6.07, 6.45) is -1.05. The number of rotatable bonds is 6. The zero-order chi connectivity index (χ0) is 20.3. The number of hydrogen-bond donors (Lipinski definition) is 1. The van der Waals surface area contributed by atoms with Gasteiger partial charge < -0.3 is 29.0 Å². The zero-order valence-corrected chi connectivity index (χ0v) is 16.2. The van der Waals surface area contributed by atoms with Crippen LogP contribution in [0.1, 0.15) is 17.3 Å². The number of anilines is 1. The average molecular weight is 408 g/mol. The minimum absolute atomic E-state index is 0.130. The van der Waals surface area contributed by atoms with Crippen molar-refractivity contribution >= 4 is 29.2 Å². The van der Waals surface area contributed by atoms with Crippen molar-refractivity contribution < 1.29 is 33.3 Å². The molecule has 1 N–H and O–H groups in total. The minimum atomic E-state index is -1.05. The van der Waals surface area contributed by atoms with Gasteiger partial charge in [0.1, 0.15) is 0 Å². The molecule has 2 aromatic rings. The molecule has 9 heteroatoms. The number of methoxy groups -OCH3 is 2. The van der Waals surface area contributed by atoms with Crippen LogP contribution in [0.4, 0.5) is 5.69 Å². The van der Waals surface area contributed by atoms with E-state index in [1.807, 2.05) is 0 Å². The van der Waals surface area contributed by atoms with E-state index >= 15 is 0 Å². The molecule has 0 saturated heterocycles. The van der Waals surface area contributed by atoms with Crippen molar-refractivity contribution in [2.24, 2.45) is 0 Å². The van der Waals surface area contributed by atoms with Crippen LogP contribution >= 0.6 is 11.6 Å². The van der Waals surface area contributed by atoms with Crippen molar-refractivity contribution in [2.75, 3.05) is 26.3 Å². The summed E-state index contributed by atoms with van der Waals surface area (Å²) in [5.74, 6) is 0.480. The number of hydrogen-bond acceptors (Lipinski definition) is 7. The summed E-state index contributed by atoms with van der Waals surface area (Å²) in [5.41, 5.74) is 0.622. The molecule has 148 valence electrons. The van der Waals surface area contributed by atoms with Gasteiger partial charge in [-0.25, -0.2) is 4.79 Å². The Kier molecular flexibility index (Phi) is 5.79. The average Bonchev–Trinajstić information content (AvgIpc) is 3.14. The van der Waals surface area contributed by atoms with E-state index in [-0.39, 0.29) is 23.1 Å². The van der Waals surface area contributed by atoms with Crippen molar-refractivity contribution in [3.05, 3.63) is 40.9 Å². The summed E-state index contributed by atoms with van der Waals surface area (Å²) < 4.78 is 26.0. The van der Waals surface area contributed by atoms with Gasteiger partial charge in [-0.1, -0.05) is 11.6 Å². The van der Waals surface area contributed by atoms with Gasteiger partial charge in [0.15, 0.2) is 29.1 Å². The highest BCUT2D eigenvalue weighted by Crippen LogP contribution is 2.36. The Balaban J connectivity index is 1.66. The number of nitrogens with one attached hydrogen (secondary N) is 1. The molecular weight excluding hydrogens is 390 g/mol. The van der Waals surface area contributed by atoms with Crippen LogP contribution in [-0.2, 0) is 9.53 Å². The van der Waals surface area contributed by atoms with E-state index < -0.39 is 18.0 Å². The molecule has 1 aliphatic heterocycles. The van der Waals surface area contributed by atoms with Crippen LogP contribution in [0.3, 0.4) is 0 Å². The molecule has 8 nitrogen and oxygen atoms in total. The van der Waals surface area contributed by atoms with Gasteiger partial charge in [-0.2, -0.15) is 0 Å². The summed E-state index contributed by atoms with van der Waals surface area (Å²) in [6.45, 7) is 1.59. The van der Waals surface area contributed by atoms with Crippen molar-refractivity contribution in [2.45, 2.75) is 13.0 Å². The lowest BCUT2D eigenvalue weighted by Crippen LogP contribution is -2.30. The molecule has 0 aromatic heterocycles. The summed E-state index contributed by atoms with van der Waals surface area (Å²) in [5, 5.41) is 2.84. The van der Waals surface area contributed by atoms with Gasteiger partial charge in [0.25, 0.3) is 5.91 Å². The number of ether oxygens (including phenoxy) is 5. The van der Waals surface area contributed by atoms with Crippen molar-refractivity contribution in [3.63, 3.8) is 0 Å². The highest BCUT2D eigenvalue weighted by atomic mass is 35.5. The third kappa shape index (κ3) is 4.07. The topological polar surface area (TPSA) is 92.3 Å². The van der Waals surface area contributed by atoms with Crippen molar-refractivity contribution in [1.82, 2.24) is 0 Å². The maximum atomic E-state index is 12.4. The number of carbonyl (C=O) groups is 2. The number of esters is 1. The first-order valence-electron chi connectivity index (χ1n) is 8.26. The van der Waals surface area contributed by atoms with Crippen LogP contribution in [0, 0.1) is 0 Å². The summed E-state index contributed by atoms with van der Waals surface area (Å²) in [7, 11) is 2.86. The van der Waals surface area contributed by atoms with E-state index in [0.717, 1.165) is 0 Å². The largest absolute Gasteiger partial charge is 0.493 e. The maximum Gasteiger partial charge on any atom is 0.339 e. The Morgan fingerprint density at radius 3 is 2.57 bits per heavy atom. The number of halogens is 1. The Bertz CT molecular complexity index is 915. The first kappa shape index (κ1) is 19.6. The lowest BCUT2D eigenvalue weighted by atomic mass is 10.2. The Hall–Kier alpha value is -3.13. The number of carbonyl (C=O) groups excluding carboxylic acids is 2. The summed E-state index contributed by atoms with van der Waals surface area (Å²) >= 11 is 6.10. The number of fused-ring (bicyclic) bond motifs is 1. The molecule has 1 aliphatic rings. The van der Waals surface area contributed by atoms with Crippen molar-refractivity contribution in [1.29, 1.82) is 0 Å². The third-order valence-electron chi connectivity index (χ3n) is 3.96. The molecule has 0 unspecified atom stereocenters. The van der Waals surface area contributed by atoms with E-state index in [0.29, 0.717) is 22.9 Å². The monoisotopic (exact) mass is 407 g/mol. The lowest BCUT2D eigenvalue weighted by Gasteiger charge is -2.15. The van der Waals surface area contributed by atoms with Crippen LogP contribution in [0.5, 0.6) is 23.0 Å². The van der Waals surface area contributed by atoms with E-state index in [2.05, 4.69) is 5.32 Å². The lowest BCUT2D eigenvalue weighted by molar-refractivity contribution is -0.123. The number of benzene rings is 2. The molecule has 1 atom stereocenters. The molecule has 0 radical (unpaired) electrons. The Morgan fingerprint density at radius 1 is 1.11 bits per heavy atom. The first-order chi connectivity index (χ1) is 13.4. The van der Waals surface area contributed by atoms with Crippen LogP contribution in [0.15, 0.2) is 30.3 Å². The van der Waals surface area contributed by atoms with Gasteiger partial charge in [0.05, 0.1) is 24.8 Å². The molecule has 1 amide bonds.